The van der Waals surface area contributed by atoms with Crippen LogP contribution in [0.15, 0.2) is 0 Å². The minimum atomic E-state index is 0.273. The van der Waals surface area contributed by atoms with Gasteiger partial charge in [0.2, 0.25) is 0 Å². The second-order valence-corrected chi connectivity index (χ2v) is 4.68. The molecule has 0 amide bonds. The largest absolute Gasteiger partial charge is 0.381 e. The van der Waals surface area contributed by atoms with Crippen LogP contribution in [0.2, 0.25) is 0 Å². The number of rotatable bonds is 5. The van der Waals surface area contributed by atoms with Crippen LogP contribution < -0.4 is 0 Å². The first-order chi connectivity index (χ1) is 6.68. The van der Waals surface area contributed by atoms with E-state index in [-0.39, 0.29) is 5.41 Å². The molecule has 0 radical (unpaired) electrons. The van der Waals surface area contributed by atoms with E-state index in [4.69, 9.17) is 21.1 Å². The van der Waals surface area contributed by atoms with Crippen LogP contribution in [0, 0.1) is 5.41 Å². The van der Waals surface area contributed by atoms with Crippen molar-refractivity contribution in [1.29, 1.82) is 0 Å². The average Bonchev–Trinajstić information content (AvgIpc) is 2.19. The van der Waals surface area contributed by atoms with Gasteiger partial charge in [-0.3, -0.25) is 0 Å². The molecule has 1 saturated heterocycles. The number of halogens is 1. The molecule has 2 nitrogen and oxygen atoms in total. The third-order valence-corrected chi connectivity index (χ3v) is 3.49. The quantitative estimate of drug-likeness (QED) is 0.664. The van der Waals surface area contributed by atoms with Gasteiger partial charge in [0.1, 0.15) is 0 Å². The Balaban J connectivity index is 2.29. The first-order valence-electron chi connectivity index (χ1n) is 5.44. The van der Waals surface area contributed by atoms with E-state index in [0.717, 1.165) is 45.0 Å². The Bertz CT molecular complexity index is 153. The first-order valence-corrected chi connectivity index (χ1v) is 5.97. The predicted molar refractivity (Wildman–Crippen MR) is 58.9 cm³/mol. The Hall–Kier alpha value is 0.210. The summed E-state index contributed by atoms with van der Waals surface area (Å²) in [5.41, 5.74) is 0.273. The van der Waals surface area contributed by atoms with Crippen LogP contribution in [0.1, 0.15) is 33.1 Å². The first kappa shape index (κ1) is 12.3. The maximum Gasteiger partial charge on any atom is 0.0518 e. The standard InChI is InChI=1S/C11H21ClO2/c1-10(2)14-8-5-11(9-12)3-6-13-7-4-11/h10H,3-9H2,1-2H3. The molecule has 1 aliphatic rings. The topological polar surface area (TPSA) is 18.5 Å². The van der Waals surface area contributed by atoms with Gasteiger partial charge in [0, 0.05) is 25.7 Å². The Morgan fingerprint density at radius 3 is 2.50 bits per heavy atom. The van der Waals surface area contributed by atoms with Crippen molar-refractivity contribution in [2.24, 2.45) is 5.41 Å². The molecule has 0 atom stereocenters. The maximum absolute atomic E-state index is 6.04. The molecule has 0 aromatic carbocycles. The van der Waals surface area contributed by atoms with Gasteiger partial charge in [0.25, 0.3) is 0 Å². The zero-order valence-electron chi connectivity index (χ0n) is 9.22. The summed E-state index contributed by atoms with van der Waals surface area (Å²) in [7, 11) is 0. The number of hydrogen-bond donors (Lipinski definition) is 0. The molecule has 0 bridgehead atoms. The smallest absolute Gasteiger partial charge is 0.0518 e. The highest BCUT2D eigenvalue weighted by Gasteiger charge is 2.31. The molecular weight excluding hydrogens is 200 g/mol. The van der Waals surface area contributed by atoms with E-state index in [0.29, 0.717) is 6.10 Å². The van der Waals surface area contributed by atoms with E-state index < -0.39 is 0 Å². The van der Waals surface area contributed by atoms with E-state index in [1.165, 1.54) is 0 Å². The molecule has 0 spiro atoms. The molecule has 0 N–H and O–H groups in total. The monoisotopic (exact) mass is 220 g/mol. The van der Waals surface area contributed by atoms with Gasteiger partial charge < -0.3 is 9.47 Å². The molecule has 1 aliphatic heterocycles. The fourth-order valence-corrected chi connectivity index (χ4v) is 2.17. The van der Waals surface area contributed by atoms with Gasteiger partial charge in [0.15, 0.2) is 0 Å². The minimum Gasteiger partial charge on any atom is -0.381 e. The van der Waals surface area contributed by atoms with Gasteiger partial charge >= 0.3 is 0 Å². The van der Waals surface area contributed by atoms with Crippen molar-refractivity contribution in [3.05, 3.63) is 0 Å². The summed E-state index contributed by atoms with van der Waals surface area (Å²) in [4.78, 5) is 0. The summed E-state index contributed by atoms with van der Waals surface area (Å²) in [5.74, 6) is 0.734. The van der Waals surface area contributed by atoms with Crippen LogP contribution in [-0.2, 0) is 9.47 Å². The second kappa shape index (κ2) is 5.94. The zero-order valence-corrected chi connectivity index (χ0v) is 9.98. The third kappa shape index (κ3) is 3.76. The summed E-state index contributed by atoms with van der Waals surface area (Å²) < 4.78 is 10.9. The highest BCUT2D eigenvalue weighted by atomic mass is 35.5. The van der Waals surface area contributed by atoms with E-state index in [1.807, 2.05) is 0 Å². The van der Waals surface area contributed by atoms with Crippen molar-refractivity contribution in [3.8, 4) is 0 Å². The van der Waals surface area contributed by atoms with Gasteiger partial charge in [-0.05, 0) is 38.5 Å². The highest BCUT2D eigenvalue weighted by Crippen LogP contribution is 2.35. The summed E-state index contributed by atoms with van der Waals surface area (Å²) in [5, 5.41) is 0. The lowest BCUT2D eigenvalue weighted by atomic mass is 9.79. The molecule has 14 heavy (non-hydrogen) atoms. The normalized spacial score (nSPS) is 21.4. The molecule has 1 rings (SSSR count). The van der Waals surface area contributed by atoms with Crippen LogP contribution in [0.5, 0.6) is 0 Å². The molecular formula is C11H21ClO2. The lowest BCUT2D eigenvalue weighted by Crippen LogP contribution is -2.32. The lowest BCUT2D eigenvalue weighted by molar-refractivity contribution is -0.00477. The molecule has 0 aromatic heterocycles. The Kier molecular flexibility index (Phi) is 5.21. The van der Waals surface area contributed by atoms with Crippen LogP contribution in [-0.4, -0.2) is 31.8 Å². The van der Waals surface area contributed by atoms with Crippen molar-refractivity contribution < 1.29 is 9.47 Å². The maximum atomic E-state index is 6.04. The molecule has 0 unspecified atom stereocenters. The fraction of sp³-hybridized carbons (Fsp3) is 1.00. The predicted octanol–water partition coefficient (Wildman–Crippen LogP) is 2.84. The Morgan fingerprint density at radius 2 is 2.00 bits per heavy atom. The number of hydrogen-bond acceptors (Lipinski definition) is 2. The van der Waals surface area contributed by atoms with Crippen molar-refractivity contribution in [2.75, 3.05) is 25.7 Å². The van der Waals surface area contributed by atoms with Crippen LogP contribution in [0.3, 0.4) is 0 Å². The summed E-state index contributed by atoms with van der Waals surface area (Å²) in [6.07, 6.45) is 3.55. The SMILES string of the molecule is CC(C)OCCC1(CCl)CCOCC1. The minimum absolute atomic E-state index is 0.273. The van der Waals surface area contributed by atoms with Gasteiger partial charge in [-0.15, -0.1) is 11.6 Å². The van der Waals surface area contributed by atoms with Crippen LogP contribution in [0.4, 0.5) is 0 Å². The summed E-state index contributed by atoms with van der Waals surface area (Å²) in [6, 6.07) is 0. The van der Waals surface area contributed by atoms with Gasteiger partial charge in [-0.1, -0.05) is 0 Å². The summed E-state index contributed by atoms with van der Waals surface area (Å²) >= 11 is 6.04. The van der Waals surface area contributed by atoms with Gasteiger partial charge in [-0.2, -0.15) is 0 Å². The van der Waals surface area contributed by atoms with Crippen molar-refractivity contribution >= 4 is 11.6 Å². The molecule has 1 heterocycles. The zero-order chi connectivity index (χ0) is 10.4. The van der Waals surface area contributed by atoms with Crippen molar-refractivity contribution in [2.45, 2.75) is 39.2 Å². The molecule has 1 fully saturated rings. The molecule has 0 aromatic rings. The number of ether oxygens (including phenoxy) is 2. The third-order valence-electron chi connectivity index (χ3n) is 2.92. The van der Waals surface area contributed by atoms with Crippen molar-refractivity contribution in [1.82, 2.24) is 0 Å². The number of alkyl halides is 1. The Morgan fingerprint density at radius 1 is 1.36 bits per heavy atom. The fourth-order valence-electron chi connectivity index (χ4n) is 1.77. The lowest BCUT2D eigenvalue weighted by Gasteiger charge is -2.35. The van der Waals surface area contributed by atoms with E-state index >= 15 is 0 Å². The van der Waals surface area contributed by atoms with Gasteiger partial charge in [-0.25, -0.2) is 0 Å². The van der Waals surface area contributed by atoms with E-state index in [9.17, 15) is 0 Å². The molecule has 0 aliphatic carbocycles. The second-order valence-electron chi connectivity index (χ2n) is 4.42. The van der Waals surface area contributed by atoms with E-state index in [1.54, 1.807) is 0 Å². The highest BCUT2D eigenvalue weighted by molar-refractivity contribution is 6.18. The molecule has 0 saturated carbocycles. The van der Waals surface area contributed by atoms with Crippen LogP contribution >= 0.6 is 11.6 Å². The Labute approximate surface area is 91.9 Å². The average molecular weight is 221 g/mol. The van der Waals surface area contributed by atoms with E-state index in [2.05, 4.69) is 13.8 Å². The molecule has 84 valence electrons. The molecule has 3 heteroatoms. The van der Waals surface area contributed by atoms with Crippen LogP contribution in [0.25, 0.3) is 0 Å². The van der Waals surface area contributed by atoms with Gasteiger partial charge in [0.05, 0.1) is 6.10 Å². The summed E-state index contributed by atoms with van der Waals surface area (Å²) in [6.45, 7) is 6.67. The van der Waals surface area contributed by atoms with Crippen molar-refractivity contribution in [3.63, 3.8) is 0 Å².